The van der Waals surface area contributed by atoms with Crippen LogP contribution in [0.1, 0.15) is 10.4 Å². The Hall–Kier alpha value is -1.03. The minimum absolute atomic E-state index is 0.00231. The van der Waals surface area contributed by atoms with E-state index in [1.54, 1.807) is 0 Å². The average Bonchev–Trinajstić information content (AvgIpc) is 2.13. The summed E-state index contributed by atoms with van der Waals surface area (Å²) in [7, 11) is 0. The highest BCUT2D eigenvalue weighted by atomic mass is 35.5. The molecule has 1 aromatic heterocycles. The van der Waals surface area contributed by atoms with Crippen molar-refractivity contribution in [1.82, 2.24) is 5.16 Å². The Morgan fingerprint density at radius 3 is 2.78 bits per heavy atom. The van der Waals surface area contributed by atoms with Crippen LogP contribution in [0.15, 0.2) is 10.8 Å². The van der Waals surface area contributed by atoms with Gasteiger partial charge in [-0.2, -0.15) is 0 Å². The van der Waals surface area contributed by atoms with Gasteiger partial charge < -0.3 is 10.3 Å². The quantitative estimate of drug-likeness (QED) is 0.625. The van der Waals surface area contributed by atoms with Crippen LogP contribution in [0.25, 0.3) is 0 Å². The first kappa shape index (κ1) is 6.10. The van der Waals surface area contributed by atoms with Crippen molar-refractivity contribution >= 4 is 17.5 Å². The van der Waals surface area contributed by atoms with E-state index in [4.69, 9.17) is 17.3 Å². The summed E-state index contributed by atoms with van der Waals surface area (Å²) in [6.07, 6.45) is 1.10. The van der Waals surface area contributed by atoms with E-state index in [-0.39, 0.29) is 10.7 Å². The Labute approximate surface area is 55.6 Å². The number of amides is 1. The average molecular weight is 147 g/mol. The number of nitrogens with zero attached hydrogens (tertiary/aromatic N) is 1. The smallest absolute Gasteiger partial charge is 0.255 e. The van der Waals surface area contributed by atoms with Gasteiger partial charge in [0.05, 0.1) is 0 Å². The highest BCUT2D eigenvalue weighted by molar-refractivity contribution is 6.32. The molecule has 0 saturated carbocycles. The number of carbonyl (C=O) groups is 1. The molecule has 0 saturated heterocycles. The molecule has 2 N–H and O–H groups in total. The van der Waals surface area contributed by atoms with Crippen molar-refractivity contribution in [3.63, 3.8) is 0 Å². The maximum absolute atomic E-state index is 10.3. The van der Waals surface area contributed by atoms with E-state index in [2.05, 4.69) is 9.68 Å². The Balaban J connectivity index is 3.08. The van der Waals surface area contributed by atoms with E-state index in [0.29, 0.717) is 0 Å². The van der Waals surface area contributed by atoms with E-state index in [9.17, 15) is 4.79 Å². The van der Waals surface area contributed by atoms with Gasteiger partial charge >= 0.3 is 0 Å². The van der Waals surface area contributed by atoms with E-state index in [0.717, 1.165) is 6.26 Å². The number of rotatable bonds is 1. The second-order valence-electron chi connectivity index (χ2n) is 1.38. The van der Waals surface area contributed by atoms with Gasteiger partial charge in [0.25, 0.3) is 5.91 Å². The van der Waals surface area contributed by atoms with E-state index < -0.39 is 5.91 Å². The SMILES string of the molecule is NC(=O)c1conc1Cl. The number of hydrogen-bond donors (Lipinski definition) is 1. The van der Waals surface area contributed by atoms with Gasteiger partial charge in [0, 0.05) is 0 Å². The molecule has 0 aliphatic carbocycles. The minimum atomic E-state index is -0.638. The van der Waals surface area contributed by atoms with Crippen LogP contribution in [0.2, 0.25) is 5.15 Å². The van der Waals surface area contributed by atoms with E-state index in [1.165, 1.54) is 0 Å². The maximum atomic E-state index is 10.3. The molecule has 48 valence electrons. The van der Waals surface area contributed by atoms with Crippen LogP contribution in [0, 0.1) is 0 Å². The van der Waals surface area contributed by atoms with Crippen LogP contribution in [-0.4, -0.2) is 11.1 Å². The van der Waals surface area contributed by atoms with Gasteiger partial charge in [0.15, 0.2) is 5.15 Å². The van der Waals surface area contributed by atoms with Crippen molar-refractivity contribution in [3.05, 3.63) is 17.0 Å². The third kappa shape index (κ3) is 1.02. The van der Waals surface area contributed by atoms with Crippen molar-refractivity contribution in [3.8, 4) is 0 Å². The molecule has 0 fully saturated rings. The first-order valence-corrected chi connectivity index (χ1v) is 2.49. The van der Waals surface area contributed by atoms with Crippen LogP contribution >= 0.6 is 11.6 Å². The second-order valence-corrected chi connectivity index (χ2v) is 1.74. The summed E-state index contributed by atoms with van der Waals surface area (Å²) >= 11 is 5.33. The normalized spacial score (nSPS) is 9.44. The molecule has 0 bridgehead atoms. The molecule has 0 atom stereocenters. The topological polar surface area (TPSA) is 69.1 Å². The first-order valence-electron chi connectivity index (χ1n) is 2.11. The molecule has 0 spiro atoms. The van der Waals surface area contributed by atoms with Gasteiger partial charge in [-0.25, -0.2) is 0 Å². The standard InChI is InChI=1S/C4H3ClN2O2/c5-3-2(4(6)8)1-9-7-3/h1H,(H2,6,8). The Kier molecular flexibility index (Phi) is 1.40. The number of halogens is 1. The Morgan fingerprint density at radius 2 is 2.56 bits per heavy atom. The highest BCUT2D eigenvalue weighted by Gasteiger charge is 2.08. The zero-order valence-electron chi connectivity index (χ0n) is 4.30. The van der Waals surface area contributed by atoms with Gasteiger partial charge in [-0.3, -0.25) is 4.79 Å². The summed E-state index contributed by atoms with van der Waals surface area (Å²) in [4.78, 5) is 10.3. The van der Waals surface area contributed by atoms with Crippen molar-refractivity contribution in [2.45, 2.75) is 0 Å². The predicted octanol–water partition coefficient (Wildman–Crippen LogP) is 0.427. The van der Waals surface area contributed by atoms with E-state index in [1.807, 2.05) is 0 Å². The number of aromatic nitrogens is 1. The fraction of sp³-hybridized carbons (Fsp3) is 0. The molecule has 1 aromatic rings. The fourth-order valence-corrected chi connectivity index (χ4v) is 0.560. The Morgan fingerprint density at radius 1 is 1.89 bits per heavy atom. The number of primary amides is 1. The van der Waals surface area contributed by atoms with Crippen molar-refractivity contribution in [2.75, 3.05) is 0 Å². The third-order valence-electron chi connectivity index (χ3n) is 0.791. The summed E-state index contributed by atoms with van der Waals surface area (Å²) in [6.45, 7) is 0. The lowest BCUT2D eigenvalue weighted by Gasteiger charge is -1.81. The van der Waals surface area contributed by atoms with Crippen LogP contribution in [0.3, 0.4) is 0 Å². The molecular formula is C4H3ClN2O2. The summed E-state index contributed by atoms with van der Waals surface area (Å²) in [6, 6.07) is 0. The third-order valence-corrected chi connectivity index (χ3v) is 1.06. The fourth-order valence-electron chi connectivity index (χ4n) is 0.383. The molecule has 0 unspecified atom stereocenters. The van der Waals surface area contributed by atoms with Crippen molar-refractivity contribution in [2.24, 2.45) is 5.73 Å². The molecule has 0 aliphatic heterocycles. The molecule has 5 heteroatoms. The zero-order valence-corrected chi connectivity index (χ0v) is 5.05. The largest absolute Gasteiger partial charge is 0.365 e. The molecule has 1 rings (SSSR count). The molecule has 4 nitrogen and oxygen atoms in total. The highest BCUT2D eigenvalue weighted by Crippen LogP contribution is 2.10. The van der Waals surface area contributed by atoms with Crippen LogP contribution < -0.4 is 5.73 Å². The zero-order chi connectivity index (χ0) is 6.85. The van der Waals surface area contributed by atoms with Gasteiger partial charge in [0.2, 0.25) is 0 Å². The predicted molar refractivity (Wildman–Crippen MR) is 30.0 cm³/mol. The summed E-state index contributed by atoms with van der Waals surface area (Å²) in [5, 5.41) is 3.23. The number of carbonyl (C=O) groups excluding carboxylic acids is 1. The van der Waals surface area contributed by atoms with Crippen LogP contribution in [-0.2, 0) is 0 Å². The molecule has 1 amide bonds. The van der Waals surface area contributed by atoms with Gasteiger partial charge in [-0.1, -0.05) is 16.8 Å². The second kappa shape index (κ2) is 2.06. The van der Waals surface area contributed by atoms with Gasteiger partial charge in [-0.15, -0.1) is 0 Å². The number of hydrogen-bond acceptors (Lipinski definition) is 3. The minimum Gasteiger partial charge on any atom is -0.365 e. The lowest BCUT2D eigenvalue weighted by atomic mass is 10.4. The van der Waals surface area contributed by atoms with Crippen LogP contribution in [0.5, 0.6) is 0 Å². The Bertz CT molecular complexity index is 232. The van der Waals surface area contributed by atoms with Gasteiger partial charge in [-0.05, 0) is 0 Å². The molecule has 9 heavy (non-hydrogen) atoms. The molecular weight excluding hydrogens is 144 g/mol. The lowest BCUT2D eigenvalue weighted by Crippen LogP contribution is -2.09. The summed E-state index contributed by atoms with van der Waals surface area (Å²) < 4.78 is 4.32. The molecule has 1 heterocycles. The lowest BCUT2D eigenvalue weighted by molar-refractivity contribution is 0.1000. The molecule has 0 aliphatic rings. The summed E-state index contributed by atoms with van der Waals surface area (Å²) in [5.41, 5.74) is 4.94. The molecule has 0 aromatic carbocycles. The first-order chi connectivity index (χ1) is 4.22. The van der Waals surface area contributed by atoms with Crippen molar-refractivity contribution < 1.29 is 9.32 Å². The molecule has 0 radical (unpaired) electrons. The van der Waals surface area contributed by atoms with Crippen LogP contribution in [0.4, 0.5) is 0 Å². The van der Waals surface area contributed by atoms with E-state index >= 15 is 0 Å². The van der Waals surface area contributed by atoms with Gasteiger partial charge in [0.1, 0.15) is 11.8 Å². The summed E-state index contributed by atoms with van der Waals surface area (Å²) in [5.74, 6) is -0.638. The van der Waals surface area contributed by atoms with Crippen molar-refractivity contribution in [1.29, 1.82) is 0 Å². The number of nitrogens with two attached hydrogens (primary N) is 1. The monoisotopic (exact) mass is 146 g/mol. The maximum Gasteiger partial charge on any atom is 0.255 e.